The van der Waals surface area contributed by atoms with Gasteiger partial charge in [-0.05, 0) is 27.7 Å². The minimum absolute atomic E-state index is 0.0948. The zero-order chi connectivity index (χ0) is 16.4. The molecule has 0 unspecified atom stereocenters. The van der Waals surface area contributed by atoms with Crippen LogP contribution in [0.4, 0.5) is 0 Å². The molecule has 0 fully saturated rings. The lowest BCUT2D eigenvalue weighted by atomic mass is 10.9. The average molecular weight is 345 g/mol. The summed E-state index contributed by atoms with van der Waals surface area (Å²) in [4.78, 5) is 3.87. The van der Waals surface area contributed by atoms with E-state index in [9.17, 15) is 9.13 Å². The lowest BCUT2D eigenvalue weighted by molar-refractivity contribution is 0.196. The third kappa shape index (κ3) is 6.16. The van der Waals surface area contributed by atoms with Gasteiger partial charge in [-0.2, -0.15) is 0 Å². The van der Waals surface area contributed by atoms with Crippen molar-refractivity contribution in [2.45, 2.75) is 33.2 Å². The second-order valence-corrected chi connectivity index (χ2v) is 8.12. The zero-order valence-electron chi connectivity index (χ0n) is 12.9. The van der Waals surface area contributed by atoms with E-state index in [0.29, 0.717) is 0 Å². The van der Waals surface area contributed by atoms with Gasteiger partial charge in [-0.15, -0.1) is 0 Å². The van der Waals surface area contributed by atoms with Gasteiger partial charge in [0.1, 0.15) is 0 Å². The smallest absolute Gasteiger partial charge is 0.315 e. The third-order valence-electron chi connectivity index (χ3n) is 2.08. The second kappa shape index (κ2) is 10.5. The number of hydrazine groups is 1. The highest BCUT2D eigenvalue weighted by Crippen LogP contribution is 2.70. The number of nitrogens with zero attached hydrogens (tertiary/aromatic N) is 1. The molecule has 0 aliphatic heterocycles. The van der Waals surface area contributed by atoms with Crippen LogP contribution >= 0.6 is 15.2 Å². The lowest BCUT2D eigenvalue weighted by Gasteiger charge is -2.28. The minimum atomic E-state index is -3.85. The van der Waals surface area contributed by atoms with E-state index in [-0.39, 0.29) is 26.4 Å². The molecular weight excluding hydrogens is 320 g/mol. The van der Waals surface area contributed by atoms with E-state index in [2.05, 4.69) is 10.4 Å². The van der Waals surface area contributed by atoms with E-state index in [4.69, 9.17) is 23.9 Å². The molecule has 0 saturated carbocycles. The maximum Gasteiger partial charge on any atom is 0.367 e. The van der Waals surface area contributed by atoms with Gasteiger partial charge >= 0.3 is 15.2 Å². The molecule has 0 heterocycles. The molecule has 0 rings (SSSR count). The number of aliphatic imine (C=N–C) groups is 1. The third-order valence-corrected chi connectivity index (χ3v) is 7.65. The summed E-state index contributed by atoms with van der Waals surface area (Å²) in [5.74, 6) is 5.12. The number of hydrogen-bond donors (Lipinski definition) is 2. The Bertz CT molecular complexity index is 356. The first-order valence-electron chi connectivity index (χ1n) is 6.69. The van der Waals surface area contributed by atoms with Crippen LogP contribution in [0.25, 0.3) is 0 Å². The first-order chi connectivity index (χ1) is 9.94. The Hall–Kier alpha value is -0.270. The molecule has 0 radical (unpaired) electrons. The highest BCUT2D eigenvalue weighted by Gasteiger charge is 2.51. The molecule has 11 heteroatoms. The first kappa shape index (κ1) is 20.7. The quantitative estimate of drug-likeness (QED) is 0.182. The minimum Gasteiger partial charge on any atom is -0.315 e. The topological polar surface area (TPSA) is 121 Å². The molecule has 0 aromatic heterocycles. The van der Waals surface area contributed by atoms with Crippen molar-refractivity contribution in [1.29, 1.82) is 0 Å². The predicted octanol–water partition coefficient (Wildman–Crippen LogP) is 2.29. The Morgan fingerprint density at radius 1 is 0.952 bits per heavy atom. The summed E-state index contributed by atoms with van der Waals surface area (Å²) in [6.45, 7) is 6.93. The standard InChI is InChI=1S/C10H25N3O6P2/c1-5-16-20(14,17-6-2)10(12-9-13-11)21(15,18-7-3)19-8-4/h9-10H,5-8,11H2,1-4H3,(H,12,13). The molecule has 0 bridgehead atoms. The highest BCUT2D eigenvalue weighted by atomic mass is 31.2. The Balaban J connectivity index is 5.74. The van der Waals surface area contributed by atoms with Gasteiger partial charge in [-0.3, -0.25) is 9.13 Å². The van der Waals surface area contributed by atoms with Crippen LogP contribution in [-0.4, -0.2) is 38.3 Å². The van der Waals surface area contributed by atoms with Crippen molar-refractivity contribution in [2.75, 3.05) is 26.4 Å². The number of rotatable bonds is 12. The van der Waals surface area contributed by atoms with E-state index in [1.54, 1.807) is 27.7 Å². The fourth-order valence-electron chi connectivity index (χ4n) is 1.51. The van der Waals surface area contributed by atoms with Crippen LogP contribution in [0.15, 0.2) is 4.99 Å². The largest absolute Gasteiger partial charge is 0.367 e. The van der Waals surface area contributed by atoms with Crippen LogP contribution in [-0.2, 0) is 27.2 Å². The summed E-state index contributed by atoms with van der Waals surface area (Å²) in [7, 11) is -7.69. The van der Waals surface area contributed by atoms with Crippen molar-refractivity contribution in [2.24, 2.45) is 10.8 Å². The second-order valence-electron chi connectivity index (χ2n) is 3.54. The van der Waals surface area contributed by atoms with E-state index >= 15 is 0 Å². The van der Waals surface area contributed by atoms with Gasteiger partial charge in [0.2, 0.25) is 0 Å². The van der Waals surface area contributed by atoms with Gasteiger partial charge in [0.25, 0.3) is 5.52 Å². The molecule has 3 N–H and O–H groups in total. The Kier molecular flexibility index (Phi) is 10.3. The average Bonchev–Trinajstić information content (AvgIpc) is 2.40. The molecule has 0 aromatic rings. The number of nitrogens with one attached hydrogen (secondary N) is 1. The fraction of sp³-hybridized carbons (Fsp3) is 0.900. The predicted molar refractivity (Wildman–Crippen MR) is 81.3 cm³/mol. The summed E-state index contributed by atoms with van der Waals surface area (Å²) in [6.07, 6.45) is 1.04. The van der Waals surface area contributed by atoms with Crippen molar-refractivity contribution >= 4 is 21.5 Å². The molecular formula is C10H25N3O6P2. The molecule has 0 spiro atoms. The summed E-state index contributed by atoms with van der Waals surface area (Å²) in [5, 5.41) is 0. The van der Waals surface area contributed by atoms with Gasteiger partial charge in [0, 0.05) is 0 Å². The zero-order valence-corrected chi connectivity index (χ0v) is 14.6. The lowest BCUT2D eigenvalue weighted by Crippen LogP contribution is -2.22. The van der Waals surface area contributed by atoms with Crippen LogP contribution in [0.5, 0.6) is 0 Å². The maximum atomic E-state index is 12.9. The van der Waals surface area contributed by atoms with E-state index in [1.807, 2.05) is 0 Å². The molecule has 0 amide bonds. The van der Waals surface area contributed by atoms with Crippen LogP contribution in [0.1, 0.15) is 27.7 Å². The summed E-state index contributed by atoms with van der Waals surface area (Å²) < 4.78 is 46.5. The van der Waals surface area contributed by atoms with E-state index in [1.165, 1.54) is 0 Å². The molecule has 126 valence electrons. The Morgan fingerprint density at radius 2 is 1.29 bits per heavy atom. The summed E-state index contributed by atoms with van der Waals surface area (Å²) >= 11 is 0. The monoisotopic (exact) mass is 345 g/mol. The van der Waals surface area contributed by atoms with Crippen LogP contribution in [0.3, 0.4) is 0 Å². The van der Waals surface area contributed by atoms with Crippen molar-refractivity contribution in [3.8, 4) is 0 Å². The molecule has 0 aliphatic rings. The molecule has 0 aliphatic carbocycles. The van der Waals surface area contributed by atoms with E-state index in [0.717, 1.165) is 6.34 Å². The molecule has 21 heavy (non-hydrogen) atoms. The van der Waals surface area contributed by atoms with Crippen LogP contribution in [0.2, 0.25) is 0 Å². The number of nitrogens with two attached hydrogens (primary N) is 1. The van der Waals surface area contributed by atoms with Gasteiger partial charge in [-0.1, -0.05) is 0 Å². The summed E-state index contributed by atoms with van der Waals surface area (Å²) in [6, 6.07) is 0. The fourth-order valence-corrected chi connectivity index (χ4v) is 6.27. The highest BCUT2D eigenvalue weighted by molar-refractivity contribution is 7.72. The molecule has 9 nitrogen and oxygen atoms in total. The van der Waals surface area contributed by atoms with Crippen molar-refractivity contribution < 1.29 is 27.2 Å². The molecule has 0 atom stereocenters. The van der Waals surface area contributed by atoms with Gasteiger partial charge < -0.3 is 23.5 Å². The van der Waals surface area contributed by atoms with Crippen molar-refractivity contribution in [3.05, 3.63) is 0 Å². The van der Waals surface area contributed by atoms with Gasteiger partial charge in [0.05, 0.1) is 32.8 Å². The van der Waals surface area contributed by atoms with Crippen molar-refractivity contribution in [3.63, 3.8) is 0 Å². The first-order valence-corrected chi connectivity index (χ1v) is 9.91. The van der Waals surface area contributed by atoms with Crippen molar-refractivity contribution in [1.82, 2.24) is 5.43 Å². The maximum absolute atomic E-state index is 12.9. The molecule has 0 aromatic carbocycles. The summed E-state index contributed by atoms with van der Waals surface area (Å²) in [5.41, 5.74) is 0.711. The van der Waals surface area contributed by atoms with E-state index < -0.39 is 20.7 Å². The van der Waals surface area contributed by atoms with Crippen LogP contribution in [0, 0.1) is 0 Å². The van der Waals surface area contributed by atoms with Gasteiger partial charge in [-0.25, -0.2) is 10.8 Å². The Labute approximate surface area is 125 Å². The normalized spacial score (nSPS) is 13.2. The molecule has 0 saturated heterocycles. The van der Waals surface area contributed by atoms with Gasteiger partial charge in [0.15, 0.2) is 0 Å². The van der Waals surface area contributed by atoms with Crippen LogP contribution < -0.4 is 11.3 Å². The number of hydrogen-bond acceptors (Lipinski definition) is 8. The SMILES string of the molecule is CCOP(=O)(OCC)C(N=CNN)P(=O)(OCC)OCC. The Morgan fingerprint density at radius 3 is 1.52 bits per heavy atom.